The predicted molar refractivity (Wildman–Crippen MR) is 113 cm³/mol. The third-order valence-corrected chi connectivity index (χ3v) is 4.88. The topological polar surface area (TPSA) is 96.0 Å². The average molecular weight is 439 g/mol. The molecule has 0 aliphatic carbocycles. The van der Waals surface area contributed by atoms with Crippen molar-refractivity contribution in [3.05, 3.63) is 30.3 Å². The summed E-state index contributed by atoms with van der Waals surface area (Å²) in [6.45, 7) is 9.66. The first kappa shape index (κ1) is 25.7. The molecule has 30 heavy (non-hydrogen) atoms. The van der Waals surface area contributed by atoms with E-state index in [-0.39, 0.29) is 5.75 Å². The minimum absolute atomic E-state index is 0.0906. The van der Waals surface area contributed by atoms with Crippen molar-refractivity contribution in [2.24, 2.45) is 10.8 Å². The van der Waals surface area contributed by atoms with Crippen LogP contribution in [0.25, 0.3) is 0 Å². The molecule has 0 aromatic heterocycles. The van der Waals surface area contributed by atoms with Crippen LogP contribution in [-0.4, -0.2) is 48.8 Å². The Bertz CT molecular complexity index is 760. The van der Waals surface area contributed by atoms with Crippen molar-refractivity contribution in [3.63, 3.8) is 0 Å². The average Bonchev–Trinajstić information content (AvgIpc) is 2.67. The molecule has 0 saturated heterocycles. The fraction of sp³-hybridized carbons (Fsp3) is 0.545. The van der Waals surface area contributed by atoms with Crippen LogP contribution >= 0.6 is 11.8 Å². The molecule has 0 unspecified atom stereocenters. The van der Waals surface area contributed by atoms with Gasteiger partial charge in [0.1, 0.15) is 0 Å². The van der Waals surface area contributed by atoms with Crippen molar-refractivity contribution in [1.82, 2.24) is 0 Å². The van der Waals surface area contributed by atoms with E-state index in [2.05, 4.69) is 0 Å². The van der Waals surface area contributed by atoms with E-state index in [1.807, 2.05) is 30.3 Å². The van der Waals surface area contributed by atoms with E-state index in [9.17, 15) is 19.2 Å². The summed E-state index contributed by atoms with van der Waals surface area (Å²) < 4.78 is 15.4. The number of ketones is 1. The Morgan fingerprint density at radius 1 is 0.833 bits per heavy atom. The predicted octanol–water partition coefficient (Wildman–Crippen LogP) is 3.44. The van der Waals surface area contributed by atoms with Gasteiger partial charge in [0.25, 0.3) is 0 Å². The number of benzene rings is 1. The molecule has 0 radical (unpaired) electrons. The van der Waals surface area contributed by atoms with Gasteiger partial charge in [0.05, 0.1) is 23.7 Å². The van der Waals surface area contributed by atoms with Crippen LogP contribution in [-0.2, 0) is 33.4 Å². The SMILES string of the molecule is COC(=O)[C@H](OC(=O)C(C)(C)C)[C@@H](OC(=O)C(C)(C)C)C(=O)CSc1ccccc1. The van der Waals surface area contributed by atoms with Crippen LogP contribution in [0.2, 0.25) is 0 Å². The quantitative estimate of drug-likeness (QED) is 0.346. The fourth-order valence-corrected chi connectivity index (χ4v) is 2.81. The molecule has 166 valence electrons. The van der Waals surface area contributed by atoms with Gasteiger partial charge >= 0.3 is 17.9 Å². The molecule has 0 amide bonds. The summed E-state index contributed by atoms with van der Waals surface area (Å²) >= 11 is 1.22. The number of hydrogen-bond acceptors (Lipinski definition) is 8. The lowest BCUT2D eigenvalue weighted by Gasteiger charge is -2.29. The number of rotatable bonds is 8. The van der Waals surface area contributed by atoms with Gasteiger partial charge in [0, 0.05) is 4.90 Å². The standard InChI is InChI=1S/C22H30O7S/c1-21(2,3)19(25)28-16(15(23)13-30-14-11-9-8-10-12-14)17(18(24)27-7)29-20(26)22(4,5)6/h8-12,16-17H,13H2,1-7H3/t16-,17+/m0/s1. The van der Waals surface area contributed by atoms with Crippen molar-refractivity contribution >= 4 is 35.5 Å². The first-order valence-corrected chi connectivity index (χ1v) is 10.5. The third-order valence-electron chi connectivity index (χ3n) is 3.84. The van der Waals surface area contributed by atoms with E-state index in [0.29, 0.717) is 0 Å². The van der Waals surface area contributed by atoms with Gasteiger partial charge in [-0.3, -0.25) is 14.4 Å². The minimum Gasteiger partial charge on any atom is -0.466 e. The van der Waals surface area contributed by atoms with Crippen molar-refractivity contribution in [1.29, 1.82) is 0 Å². The van der Waals surface area contributed by atoms with Crippen LogP contribution in [0, 0.1) is 10.8 Å². The second-order valence-electron chi connectivity index (χ2n) is 8.74. The molecule has 7 nitrogen and oxygen atoms in total. The summed E-state index contributed by atoms with van der Waals surface area (Å²) in [6, 6.07) is 9.15. The van der Waals surface area contributed by atoms with E-state index in [0.717, 1.165) is 12.0 Å². The zero-order valence-electron chi connectivity index (χ0n) is 18.5. The number of Topliss-reactive ketones (excluding diaryl/α,β-unsaturated/α-hetero) is 1. The Balaban J connectivity index is 3.18. The number of carbonyl (C=O) groups is 4. The van der Waals surface area contributed by atoms with Gasteiger partial charge in [-0.05, 0) is 53.7 Å². The lowest BCUT2D eigenvalue weighted by Crippen LogP contribution is -2.49. The summed E-state index contributed by atoms with van der Waals surface area (Å²) in [6.07, 6.45) is -3.32. The zero-order chi connectivity index (χ0) is 23.1. The Morgan fingerprint density at radius 3 is 1.73 bits per heavy atom. The fourth-order valence-electron chi connectivity index (χ4n) is 1.98. The number of hydrogen-bond donors (Lipinski definition) is 0. The van der Waals surface area contributed by atoms with Gasteiger partial charge in [0.15, 0.2) is 5.78 Å². The molecule has 1 aromatic carbocycles. The molecule has 1 rings (SSSR count). The van der Waals surface area contributed by atoms with E-state index >= 15 is 0 Å². The Labute approximate surface area is 181 Å². The lowest BCUT2D eigenvalue weighted by molar-refractivity contribution is -0.189. The van der Waals surface area contributed by atoms with Crippen molar-refractivity contribution in [2.45, 2.75) is 58.6 Å². The second-order valence-corrected chi connectivity index (χ2v) is 9.79. The van der Waals surface area contributed by atoms with E-state index in [1.54, 1.807) is 41.5 Å². The molecule has 0 saturated carbocycles. The maximum absolute atomic E-state index is 13.0. The van der Waals surface area contributed by atoms with Crippen LogP contribution in [0.4, 0.5) is 0 Å². The molecule has 0 aliphatic heterocycles. The number of carbonyl (C=O) groups excluding carboxylic acids is 4. The van der Waals surface area contributed by atoms with Gasteiger partial charge in [-0.15, -0.1) is 11.8 Å². The van der Waals surface area contributed by atoms with E-state index < -0.39 is 46.7 Å². The third kappa shape index (κ3) is 7.82. The first-order chi connectivity index (χ1) is 13.8. The second kappa shape index (κ2) is 10.6. The summed E-state index contributed by atoms with van der Waals surface area (Å²) in [4.78, 5) is 51.1. The lowest BCUT2D eigenvalue weighted by atomic mass is 9.96. The van der Waals surface area contributed by atoms with Crippen LogP contribution in [0.1, 0.15) is 41.5 Å². The normalized spacial score (nSPS) is 13.7. The van der Waals surface area contributed by atoms with E-state index in [1.165, 1.54) is 11.8 Å². The smallest absolute Gasteiger partial charge is 0.351 e. The molecule has 0 fully saturated rings. The van der Waals surface area contributed by atoms with Gasteiger partial charge in [-0.25, -0.2) is 4.79 Å². The van der Waals surface area contributed by atoms with Crippen LogP contribution in [0.3, 0.4) is 0 Å². The monoisotopic (exact) mass is 438 g/mol. The molecule has 8 heteroatoms. The Kier molecular flexibility index (Phi) is 9.09. The molecule has 0 aliphatic rings. The molecular formula is C22H30O7S. The Morgan fingerprint density at radius 2 is 1.30 bits per heavy atom. The van der Waals surface area contributed by atoms with Crippen LogP contribution in [0.5, 0.6) is 0 Å². The summed E-state index contributed by atoms with van der Waals surface area (Å²) in [5, 5.41) is 0. The maximum atomic E-state index is 13.0. The first-order valence-electron chi connectivity index (χ1n) is 9.48. The highest BCUT2D eigenvalue weighted by Crippen LogP contribution is 2.24. The number of esters is 3. The molecule has 0 spiro atoms. The van der Waals surface area contributed by atoms with Crippen molar-refractivity contribution < 1.29 is 33.4 Å². The van der Waals surface area contributed by atoms with Crippen molar-refractivity contribution in [2.75, 3.05) is 12.9 Å². The summed E-state index contributed by atoms with van der Waals surface area (Å²) in [5.74, 6) is -3.06. The van der Waals surface area contributed by atoms with Gasteiger partial charge in [-0.1, -0.05) is 18.2 Å². The molecular weight excluding hydrogens is 408 g/mol. The number of ether oxygens (including phenoxy) is 3. The largest absolute Gasteiger partial charge is 0.466 e. The highest BCUT2D eigenvalue weighted by atomic mass is 32.2. The molecule has 0 heterocycles. The van der Waals surface area contributed by atoms with Crippen LogP contribution in [0.15, 0.2) is 35.2 Å². The molecule has 1 aromatic rings. The highest BCUT2D eigenvalue weighted by molar-refractivity contribution is 8.00. The van der Waals surface area contributed by atoms with Crippen LogP contribution < -0.4 is 0 Å². The van der Waals surface area contributed by atoms with Gasteiger partial charge < -0.3 is 14.2 Å². The van der Waals surface area contributed by atoms with Crippen molar-refractivity contribution in [3.8, 4) is 0 Å². The van der Waals surface area contributed by atoms with E-state index in [4.69, 9.17) is 14.2 Å². The van der Waals surface area contributed by atoms with Gasteiger partial charge in [0.2, 0.25) is 12.2 Å². The molecule has 0 N–H and O–H groups in total. The highest BCUT2D eigenvalue weighted by Gasteiger charge is 2.43. The number of thioether (sulfide) groups is 1. The minimum atomic E-state index is -1.70. The zero-order valence-corrected chi connectivity index (χ0v) is 19.3. The molecule has 0 bridgehead atoms. The summed E-state index contributed by atoms with van der Waals surface area (Å²) in [5.41, 5.74) is -1.87. The van der Waals surface area contributed by atoms with Gasteiger partial charge in [-0.2, -0.15) is 0 Å². The molecule has 2 atom stereocenters. The summed E-state index contributed by atoms with van der Waals surface area (Å²) in [7, 11) is 1.10. The Hall–Kier alpha value is -2.35. The maximum Gasteiger partial charge on any atom is 0.351 e. The number of methoxy groups -OCH3 is 1.